The fraction of sp³-hybridized carbons (Fsp3) is 0.533. The summed E-state index contributed by atoms with van der Waals surface area (Å²) in [5.41, 5.74) is 6.48. The number of carbonyl (C=O) groups is 1. The fourth-order valence-electron chi connectivity index (χ4n) is 2.69. The molecule has 6 heteroatoms. The molecular formula is C15H20Cl2N2O2. The molecular weight excluding hydrogens is 311 g/mol. The minimum atomic E-state index is -0.831. The van der Waals surface area contributed by atoms with Crippen molar-refractivity contribution < 1.29 is 9.90 Å². The molecule has 116 valence electrons. The molecule has 1 aromatic rings. The SMILES string of the molecule is NC1CCCC(C(=O)NCC(O)c2cc(Cl)cc(Cl)c2)C1. The van der Waals surface area contributed by atoms with E-state index in [4.69, 9.17) is 28.9 Å². The first-order chi connectivity index (χ1) is 9.95. The largest absolute Gasteiger partial charge is 0.387 e. The molecule has 3 atom stereocenters. The highest BCUT2D eigenvalue weighted by Gasteiger charge is 2.25. The molecule has 0 radical (unpaired) electrons. The summed E-state index contributed by atoms with van der Waals surface area (Å²) in [4.78, 5) is 12.1. The molecule has 1 amide bonds. The number of halogens is 2. The molecule has 4 nitrogen and oxygen atoms in total. The van der Waals surface area contributed by atoms with Gasteiger partial charge in [-0.1, -0.05) is 29.6 Å². The minimum absolute atomic E-state index is 0.0441. The van der Waals surface area contributed by atoms with Crippen molar-refractivity contribution >= 4 is 29.1 Å². The fourth-order valence-corrected chi connectivity index (χ4v) is 3.24. The van der Waals surface area contributed by atoms with Gasteiger partial charge in [0.1, 0.15) is 0 Å². The van der Waals surface area contributed by atoms with Crippen molar-refractivity contribution in [2.45, 2.75) is 37.8 Å². The summed E-state index contributed by atoms with van der Waals surface area (Å²) in [5.74, 6) is -0.0961. The number of rotatable bonds is 4. The van der Waals surface area contributed by atoms with Crippen molar-refractivity contribution in [2.24, 2.45) is 11.7 Å². The van der Waals surface area contributed by atoms with Crippen molar-refractivity contribution in [3.05, 3.63) is 33.8 Å². The zero-order valence-electron chi connectivity index (χ0n) is 11.7. The molecule has 0 heterocycles. The van der Waals surface area contributed by atoms with Crippen LogP contribution in [0, 0.1) is 5.92 Å². The van der Waals surface area contributed by atoms with Crippen LogP contribution in [0.1, 0.15) is 37.4 Å². The van der Waals surface area contributed by atoms with E-state index in [1.54, 1.807) is 18.2 Å². The maximum atomic E-state index is 12.1. The molecule has 0 aromatic heterocycles. The van der Waals surface area contributed by atoms with Gasteiger partial charge in [0.2, 0.25) is 5.91 Å². The molecule has 1 aliphatic carbocycles. The van der Waals surface area contributed by atoms with Gasteiger partial charge in [0.25, 0.3) is 0 Å². The van der Waals surface area contributed by atoms with Crippen molar-refractivity contribution in [3.63, 3.8) is 0 Å². The third-order valence-corrected chi connectivity index (χ3v) is 4.26. The summed E-state index contributed by atoms with van der Waals surface area (Å²) >= 11 is 11.8. The van der Waals surface area contributed by atoms with Crippen LogP contribution in [0.4, 0.5) is 0 Å². The number of nitrogens with two attached hydrogens (primary N) is 1. The normalized spacial score (nSPS) is 23.6. The van der Waals surface area contributed by atoms with Crippen LogP contribution in [-0.4, -0.2) is 23.6 Å². The maximum Gasteiger partial charge on any atom is 0.223 e. The first-order valence-electron chi connectivity index (χ1n) is 7.13. The Hall–Kier alpha value is -0.810. The van der Waals surface area contributed by atoms with Crippen LogP contribution >= 0.6 is 23.2 Å². The number of hydrogen-bond acceptors (Lipinski definition) is 3. The molecule has 3 unspecified atom stereocenters. The van der Waals surface area contributed by atoms with E-state index >= 15 is 0 Å². The first-order valence-corrected chi connectivity index (χ1v) is 7.88. The Morgan fingerprint density at radius 1 is 1.33 bits per heavy atom. The summed E-state index contributed by atoms with van der Waals surface area (Å²) in [6.07, 6.45) is 2.70. The molecule has 0 spiro atoms. The minimum Gasteiger partial charge on any atom is -0.387 e. The van der Waals surface area contributed by atoms with E-state index in [0.29, 0.717) is 22.0 Å². The molecule has 1 aromatic carbocycles. The smallest absolute Gasteiger partial charge is 0.223 e. The average Bonchev–Trinajstić information content (AvgIpc) is 2.43. The molecule has 0 aliphatic heterocycles. The molecule has 1 fully saturated rings. The quantitative estimate of drug-likeness (QED) is 0.794. The third kappa shape index (κ3) is 4.85. The van der Waals surface area contributed by atoms with Gasteiger partial charge in [-0.05, 0) is 43.0 Å². The van der Waals surface area contributed by atoms with Gasteiger partial charge in [0, 0.05) is 28.5 Å². The molecule has 1 saturated carbocycles. The summed E-state index contributed by atoms with van der Waals surface area (Å²) in [5, 5.41) is 13.8. The standard InChI is InChI=1S/C15H20Cl2N2O2/c16-11-4-10(5-12(17)7-11)14(20)8-19-15(21)9-2-1-3-13(18)6-9/h4-5,7,9,13-14,20H,1-3,6,8,18H2,(H,19,21). The lowest BCUT2D eigenvalue weighted by molar-refractivity contribution is -0.126. The molecule has 4 N–H and O–H groups in total. The number of aliphatic hydroxyl groups excluding tert-OH is 1. The van der Waals surface area contributed by atoms with Gasteiger partial charge in [-0.3, -0.25) is 4.79 Å². The Morgan fingerprint density at radius 2 is 2.00 bits per heavy atom. The van der Waals surface area contributed by atoms with Crippen molar-refractivity contribution in [1.29, 1.82) is 0 Å². The predicted octanol–water partition coefficient (Wildman–Crippen LogP) is 2.66. The number of nitrogens with one attached hydrogen (secondary N) is 1. The van der Waals surface area contributed by atoms with Gasteiger partial charge in [0.05, 0.1) is 6.10 Å². The predicted molar refractivity (Wildman–Crippen MR) is 84.4 cm³/mol. The van der Waals surface area contributed by atoms with Crippen LogP contribution in [0.25, 0.3) is 0 Å². The number of benzene rings is 1. The molecule has 0 bridgehead atoms. The van der Waals surface area contributed by atoms with E-state index in [2.05, 4.69) is 5.32 Å². The lowest BCUT2D eigenvalue weighted by Gasteiger charge is -2.26. The van der Waals surface area contributed by atoms with Crippen LogP contribution in [0.15, 0.2) is 18.2 Å². The Kier molecular flexibility index (Phi) is 5.88. The first kappa shape index (κ1) is 16.6. The number of hydrogen-bond donors (Lipinski definition) is 3. The summed E-state index contributed by atoms with van der Waals surface area (Å²) in [6, 6.07) is 4.98. The van der Waals surface area contributed by atoms with Gasteiger partial charge >= 0.3 is 0 Å². The Morgan fingerprint density at radius 3 is 2.62 bits per heavy atom. The van der Waals surface area contributed by atoms with E-state index in [-0.39, 0.29) is 24.4 Å². The van der Waals surface area contributed by atoms with Gasteiger partial charge in [-0.2, -0.15) is 0 Å². The molecule has 1 aliphatic rings. The number of amides is 1. The maximum absolute atomic E-state index is 12.1. The monoisotopic (exact) mass is 330 g/mol. The van der Waals surface area contributed by atoms with Gasteiger partial charge < -0.3 is 16.2 Å². The highest BCUT2D eigenvalue weighted by Crippen LogP contribution is 2.25. The molecule has 0 saturated heterocycles. The average molecular weight is 331 g/mol. The van der Waals surface area contributed by atoms with Crippen molar-refractivity contribution in [1.82, 2.24) is 5.32 Å². The van der Waals surface area contributed by atoms with E-state index in [9.17, 15) is 9.90 Å². The number of aliphatic hydroxyl groups is 1. The van der Waals surface area contributed by atoms with Gasteiger partial charge in [-0.15, -0.1) is 0 Å². The van der Waals surface area contributed by atoms with Crippen molar-refractivity contribution in [3.8, 4) is 0 Å². The summed E-state index contributed by atoms with van der Waals surface area (Å²) in [6.45, 7) is 0.140. The summed E-state index contributed by atoms with van der Waals surface area (Å²) in [7, 11) is 0. The van der Waals surface area contributed by atoms with Gasteiger partial charge in [0.15, 0.2) is 0 Å². The lowest BCUT2D eigenvalue weighted by atomic mass is 9.85. The lowest BCUT2D eigenvalue weighted by Crippen LogP contribution is -2.39. The third-order valence-electron chi connectivity index (χ3n) is 3.82. The molecule has 21 heavy (non-hydrogen) atoms. The van der Waals surface area contributed by atoms with Crippen LogP contribution in [-0.2, 0) is 4.79 Å². The number of carbonyl (C=O) groups excluding carboxylic acids is 1. The zero-order valence-corrected chi connectivity index (χ0v) is 13.2. The topological polar surface area (TPSA) is 75.4 Å². The summed E-state index contributed by atoms with van der Waals surface area (Å²) < 4.78 is 0. The highest BCUT2D eigenvalue weighted by molar-refractivity contribution is 6.34. The van der Waals surface area contributed by atoms with Crippen LogP contribution < -0.4 is 11.1 Å². The molecule has 2 rings (SSSR count). The van der Waals surface area contributed by atoms with Gasteiger partial charge in [-0.25, -0.2) is 0 Å². The van der Waals surface area contributed by atoms with E-state index in [1.165, 1.54) is 0 Å². The zero-order chi connectivity index (χ0) is 15.4. The Balaban J connectivity index is 1.88. The second-order valence-corrected chi connectivity index (χ2v) is 6.46. The Labute approximate surface area is 134 Å². The van der Waals surface area contributed by atoms with Crippen LogP contribution in [0.3, 0.4) is 0 Å². The van der Waals surface area contributed by atoms with Crippen LogP contribution in [0.5, 0.6) is 0 Å². The van der Waals surface area contributed by atoms with E-state index in [0.717, 1.165) is 19.3 Å². The second kappa shape index (κ2) is 7.45. The van der Waals surface area contributed by atoms with Crippen molar-refractivity contribution in [2.75, 3.05) is 6.54 Å². The van der Waals surface area contributed by atoms with Crippen LogP contribution in [0.2, 0.25) is 10.0 Å². The second-order valence-electron chi connectivity index (χ2n) is 5.59. The Bertz CT molecular complexity index is 490. The van der Waals surface area contributed by atoms with E-state index in [1.807, 2.05) is 0 Å². The van der Waals surface area contributed by atoms with E-state index < -0.39 is 6.10 Å². The highest BCUT2D eigenvalue weighted by atomic mass is 35.5.